The van der Waals surface area contributed by atoms with Crippen LogP contribution in [0.2, 0.25) is 0 Å². The van der Waals surface area contributed by atoms with Gasteiger partial charge in [0.25, 0.3) is 0 Å². The van der Waals surface area contributed by atoms with Crippen molar-refractivity contribution in [2.45, 2.75) is 6.42 Å². The van der Waals surface area contributed by atoms with E-state index in [4.69, 9.17) is 9.84 Å². The summed E-state index contributed by atoms with van der Waals surface area (Å²) >= 11 is 0. The zero-order valence-electron chi connectivity index (χ0n) is 11.6. The van der Waals surface area contributed by atoms with Gasteiger partial charge in [-0.3, -0.25) is 0 Å². The summed E-state index contributed by atoms with van der Waals surface area (Å²) in [5.74, 6) is 0.949. The maximum atomic E-state index is 11.5. The number of para-hydroxylation sites is 1. The standard InChI is InChI=1S/C16H18N2O3/c19-14-8-6-13(7-9-14)10-11-17-16(20)18-12-21-15-4-2-1-3-5-15/h1-9,19H,10-12H2,(H2,17,18,20). The molecule has 0 heterocycles. The van der Waals surface area contributed by atoms with Crippen LogP contribution in [0.1, 0.15) is 5.56 Å². The van der Waals surface area contributed by atoms with E-state index in [0.717, 1.165) is 5.56 Å². The SMILES string of the molecule is O=C(NCCc1ccc(O)cc1)NCOc1ccccc1. The van der Waals surface area contributed by atoms with Crippen LogP contribution in [-0.4, -0.2) is 24.4 Å². The van der Waals surface area contributed by atoms with Gasteiger partial charge in [0.2, 0.25) is 0 Å². The van der Waals surface area contributed by atoms with Gasteiger partial charge in [-0.25, -0.2) is 4.79 Å². The first-order chi connectivity index (χ1) is 10.2. The first-order valence-electron chi connectivity index (χ1n) is 6.71. The van der Waals surface area contributed by atoms with E-state index in [1.54, 1.807) is 12.1 Å². The normalized spacial score (nSPS) is 9.90. The first-order valence-corrected chi connectivity index (χ1v) is 6.71. The molecule has 3 N–H and O–H groups in total. The van der Waals surface area contributed by atoms with Crippen molar-refractivity contribution in [3.63, 3.8) is 0 Å². The average Bonchev–Trinajstić information content (AvgIpc) is 2.50. The summed E-state index contributed by atoms with van der Waals surface area (Å²) in [6, 6.07) is 15.9. The van der Waals surface area contributed by atoms with Gasteiger partial charge in [-0.1, -0.05) is 30.3 Å². The highest BCUT2D eigenvalue weighted by Crippen LogP contribution is 2.09. The Hall–Kier alpha value is -2.69. The average molecular weight is 286 g/mol. The van der Waals surface area contributed by atoms with E-state index in [0.29, 0.717) is 18.7 Å². The molecule has 0 aromatic heterocycles. The van der Waals surface area contributed by atoms with Gasteiger partial charge in [-0.15, -0.1) is 0 Å². The summed E-state index contributed by atoms with van der Waals surface area (Å²) in [4.78, 5) is 11.5. The van der Waals surface area contributed by atoms with Crippen molar-refractivity contribution in [1.82, 2.24) is 10.6 Å². The Bertz CT molecular complexity index is 555. The molecular weight excluding hydrogens is 268 g/mol. The maximum Gasteiger partial charge on any atom is 0.317 e. The van der Waals surface area contributed by atoms with Gasteiger partial charge in [0.1, 0.15) is 11.5 Å². The van der Waals surface area contributed by atoms with Crippen LogP contribution < -0.4 is 15.4 Å². The van der Waals surface area contributed by atoms with Crippen molar-refractivity contribution in [3.05, 3.63) is 60.2 Å². The Morgan fingerprint density at radius 2 is 1.71 bits per heavy atom. The zero-order valence-corrected chi connectivity index (χ0v) is 11.6. The van der Waals surface area contributed by atoms with Crippen molar-refractivity contribution in [3.8, 4) is 11.5 Å². The van der Waals surface area contributed by atoms with Gasteiger partial charge < -0.3 is 20.5 Å². The maximum absolute atomic E-state index is 11.5. The Kier molecular flexibility index (Phi) is 5.46. The lowest BCUT2D eigenvalue weighted by Crippen LogP contribution is -2.38. The fourth-order valence-corrected chi connectivity index (χ4v) is 1.75. The number of hydrogen-bond donors (Lipinski definition) is 3. The van der Waals surface area contributed by atoms with Crippen LogP contribution >= 0.6 is 0 Å². The minimum atomic E-state index is -0.273. The van der Waals surface area contributed by atoms with E-state index in [1.807, 2.05) is 42.5 Å². The highest BCUT2D eigenvalue weighted by Gasteiger charge is 2.00. The molecule has 5 heteroatoms. The number of ether oxygens (including phenoxy) is 1. The van der Waals surface area contributed by atoms with Crippen LogP contribution in [-0.2, 0) is 6.42 Å². The number of benzene rings is 2. The van der Waals surface area contributed by atoms with Crippen LogP contribution in [0.5, 0.6) is 11.5 Å². The number of carbonyl (C=O) groups excluding carboxylic acids is 1. The van der Waals surface area contributed by atoms with Crippen molar-refractivity contribution in [2.75, 3.05) is 13.3 Å². The Morgan fingerprint density at radius 3 is 2.43 bits per heavy atom. The summed E-state index contributed by atoms with van der Waals surface area (Å²) in [5.41, 5.74) is 1.05. The third kappa shape index (κ3) is 5.44. The number of nitrogens with one attached hydrogen (secondary N) is 2. The number of amides is 2. The lowest BCUT2D eigenvalue weighted by atomic mass is 10.1. The van der Waals surface area contributed by atoms with Gasteiger partial charge in [0, 0.05) is 6.54 Å². The lowest BCUT2D eigenvalue weighted by molar-refractivity contribution is 0.224. The quantitative estimate of drug-likeness (QED) is 0.713. The molecule has 0 aliphatic heterocycles. The zero-order chi connectivity index (χ0) is 14.9. The minimum Gasteiger partial charge on any atom is -0.508 e. The van der Waals surface area contributed by atoms with Gasteiger partial charge >= 0.3 is 6.03 Å². The molecule has 0 unspecified atom stereocenters. The topological polar surface area (TPSA) is 70.6 Å². The van der Waals surface area contributed by atoms with Crippen molar-refractivity contribution >= 4 is 6.03 Å². The van der Waals surface area contributed by atoms with Gasteiger partial charge in [-0.05, 0) is 36.2 Å². The largest absolute Gasteiger partial charge is 0.508 e. The number of rotatable bonds is 6. The summed E-state index contributed by atoms with van der Waals surface area (Å²) in [6.45, 7) is 0.636. The van der Waals surface area contributed by atoms with Crippen molar-refractivity contribution in [2.24, 2.45) is 0 Å². The second-order valence-electron chi connectivity index (χ2n) is 4.45. The molecule has 0 saturated carbocycles. The third-order valence-corrected chi connectivity index (χ3v) is 2.85. The molecule has 0 radical (unpaired) electrons. The summed E-state index contributed by atoms with van der Waals surface area (Å²) < 4.78 is 5.35. The molecule has 0 saturated heterocycles. The Labute approximate surface area is 123 Å². The molecular formula is C16H18N2O3. The number of hydrogen-bond acceptors (Lipinski definition) is 3. The van der Waals surface area contributed by atoms with E-state index in [-0.39, 0.29) is 18.5 Å². The molecule has 0 aliphatic rings. The molecule has 21 heavy (non-hydrogen) atoms. The van der Waals surface area contributed by atoms with Crippen LogP contribution in [0.15, 0.2) is 54.6 Å². The molecule has 5 nitrogen and oxygen atoms in total. The fourth-order valence-electron chi connectivity index (χ4n) is 1.75. The highest BCUT2D eigenvalue weighted by atomic mass is 16.5. The van der Waals surface area contributed by atoms with Gasteiger partial charge in [0.15, 0.2) is 6.73 Å². The minimum absolute atomic E-state index is 0.120. The second-order valence-corrected chi connectivity index (χ2v) is 4.45. The number of aromatic hydroxyl groups is 1. The van der Waals surface area contributed by atoms with E-state index in [9.17, 15) is 4.79 Å². The van der Waals surface area contributed by atoms with Gasteiger partial charge in [0.05, 0.1) is 0 Å². The molecule has 2 rings (SSSR count). The Balaban J connectivity index is 1.60. The van der Waals surface area contributed by atoms with E-state index < -0.39 is 0 Å². The molecule has 0 atom stereocenters. The van der Waals surface area contributed by atoms with E-state index in [2.05, 4.69) is 10.6 Å². The van der Waals surface area contributed by atoms with Crippen LogP contribution in [0.25, 0.3) is 0 Å². The highest BCUT2D eigenvalue weighted by molar-refractivity contribution is 5.73. The third-order valence-electron chi connectivity index (χ3n) is 2.85. The molecule has 2 amide bonds. The molecule has 110 valence electrons. The number of phenols is 1. The molecule has 2 aromatic rings. The smallest absolute Gasteiger partial charge is 0.317 e. The van der Waals surface area contributed by atoms with Crippen molar-refractivity contribution < 1.29 is 14.6 Å². The van der Waals surface area contributed by atoms with Gasteiger partial charge in [-0.2, -0.15) is 0 Å². The lowest BCUT2D eigenvalue weighted by Gasteiger charge is -2.09. The first kappa shape index (κ1) is 14.7. The fraction of sp³-hybridized carbons (Fsp3) is 0.188. The second kappa shape index (κ2) is 7.79. The molecule has 0 spiro atoms. The van der Waals surface area contributed by atoms with Crippen LogP contribution in [0.4, 0.5) is 4.79 Å². The number of carbonyl (C=O) groups is 1. The van der Waals surface area contributed by atoms with Crippen molar-refractivity contribution in [1.29, 1.82) is 0 Å². The molecule has 0 bridgehead atoms. The molecule has 0 aliphatic carbocycles. The summed E-state index contributed by atoms with van der Waals surface area (Å²) in [7, 11) is 0. The summed E-state index contributed by atoms with van der Waals surface area (Å²) in [5, 5.41) is 14.5. The Morgan fingerprint density at radius 1 is 1.00 bits per heavy atom. The van der Waals surface area contributed by atoms with Crippen LogP contribution in [0, 0.1) is 0 Å². The molecule has 2 aromatic carbocycles. The van der Waals surface area contributed by atoms with E-state index in [1.165, 1.54) is 0 Å². The number of urea groups is 1. The predicted octanol–water partition coefficient (Wildman–Crippen LogP) is 2.27. The monoisotopic (exact) mass is 286 g/mol. The van der Waals surface area contributed by atoms with Crippen LogP contribution in [0.3, 0.4) is 0 Å². The predicted molar refractivity (Wildman–Crippen MR) is 80.3 cm³/mol. The molecule has 0 fully saturated rings. The number of phenolic OH excluding ortho intramolecular Hbond substituents is 1. The summed E-state index contributed by atoms with van der Waals surface area (Å²) in [6.07, 6.45) is 0.702. The van der Waals surface area contributed by atoms with E-state index >= 15 is 0 Å².